The topological polar surface area (TPSA) is 78.9 Å². The van der Waals surface area contributed by atoms with Gasteiger partial charge in [-0.3, -0.25) is 14.4 Å². The van der Waals surface area contributed by atoms with Gasteiger partial charge in [-0.2, -0.15) is 0 Å². The number of unbranched alkanes of at least 4 members (excludes halogenated alkanes) is 32. The smallest absolute Gasteiger partial charge is 0.306 e. The predicted octanol–water partition coefficient (Wildman–Crippen LogP) is 18.7. The Morgan fingerprint density at radius 1 is 0.308 bits per heavy atom. The fraction of sp³-hybridized carbons (Fsp3) is 0.814. The van der Waals surface area contributed by atoms with Crippen molar-refractivity contribution in [2.75, 3.05) is 13.2 Å². The van der Waals surface area contributed by atoms with Crippen molar-refractivity contribution < 1.29 is 28.6 Å². The number of ether oxygens (including phenoxy) is 3. The van der Waals surface area contributed by atoms with Gasteiger partial charge in [0.2, 0.25) is 0 Å². The number of carbonyl (C=O) groups is 3. The van der Waals surface area contributed by atoms with E-state index in [2.05, 4.69) is 69.4 Å². The molecule has 0 saturated carbocycles. The van der Waals surface area contributed by atoms with Gasteiger partial charge in [-0.25, -0.2) is 0 Å². The quantitative estimate of drug-likeness (QED) is 0.0262. The van der Waals surface area contributed by atoms with Crippen molar-refractivity contribution in [2.24, 2.45) is 0 Å². The summed E-state index contributed by atoms with van der Waals surface area (Å²) in [7, 11) is 0. The van der Waals surface area contributed by atoms with Crippen molar-refractivity contribution in [1.29, 1.82) is 0 Å². The summed E-state index contributed by atoms with van der Waals surface area (Å²) in [5.41, 5.74) is 0. The number of esters is 3. The molecule has 0 aliphatic carbocycles. The lowest BCUT2D eigenvalue weighted by Gasteiger charge is -2.18. The van der Waals surface area contributed by atoms with E-state index in [0.29, 0.717) is 19.3 Å². The third-order valence-corrected chi connectivity index (χ3v) is 12.3. The van der Waals surface area contributed by atoms with E-state index in [-0.39, 0.29) is 31.1 Å². The summed E-state index contributed by atoms with van der Waals surface area (Å²) >= 11 is 0. The van der Waals surface area contributed by atoms with E-state index < -0.39 is 6.10 Å². The van der Waals surface area contributed by atoms with E-state index in [0.717, 1.165) is 77.0 Å². The molecule has 0 aromatic carbocycles. The van der Waals surface area contributed by atoms with Gasteiger partial charge in [0.05, 0.1) is 0 Å². The molecule has 6 nitrogen and oxygen atoms in total. The van der Waals surface area contributed by atoms with Crippen LogP contribution in [0.4, 0.5) is 0 Å². The largest absolute Gasteiger partial charge is 0.462 e. The SMILES string of the molecule is CCCCCCC/C=C\C/C=C\C/C=C\CCCCCCCCCCCCC(=O)OCC(COC(=O)CCCCCCCCC)OC(=O)CCCCCCC/C=C\CCCCCCCC. The highest BCUT2D eigenvalue weighted by Crippen LogP contribution is 2.15. The Balaban J connectivity index is 4.16. The summed E-state index contributed by atoms with van der Waals surface area (Å²) in [6, 6.07) is 0. The molecule has 6 heteroatoms. The van der Waals surface area contributed by atoms with E-state index in [9.17, 15) is 14.4 Å². The molecule has 0 aliphatic heterocycles. The lowest BCUT2D eigenvalue weighted by Crippen LogP contribution is -2.30. The summed E-state index contributed by atoms with van der Waals surface area (Å²) in [5.74, 6) is -0.886. The number of hydrogen-bond donors (Lipinski definition) is 0. The van der Waals surface area contributed by atoms with Gasteiger partial charge in [-0.1, -0.05) is 236 Å². The molecule has 1 atom stereocenters. The Labute approximate surface area is 403 Å². The first kappa shape index (κ1) is 62.4. The fourth-order valence-electron chi connectivity index (χ4n) is 8.03. The third kappa shape index (κ3) is 52.2. The van der Waals surface area contributed by atoms with E-state index in [4.69, 9.17) is 14.2 Å². The minimum absolute atomic E-state index is 0.0760. The molecule has 0 spiro atoms. The molecule has 0 aromatic rings. The Bertz CT molecular complexity index is 1140. The number of carbonyl (C=O) groups excluding carboxylic acids is 3. The maximum absolute atomic E-state index is 12.8. The van der Waals surface area contributed by atoms with Crippen molar-refractivity contribution in [1.82, 2.24) is 0 Å². The molecule has 0 heterocycles. The van der Waals surface area contributed by atoms with Crippen LogP contribution in [0.25, 0.3) is 0 Å². The van der Waals surface area contributed by atoms with E-state index >= 15 is 0 Å². The summed E-state index contributed by atoms with van der Waals surface area (Å²) < 4.78 is 16.8. The van der Waals surface area contributed by atoms with Gasteiger partial charge in [0.15, 0.2) is 6.10 Å². The lowest BCUT2D eigenvalue weighted by molar-refractivity contribution is -0.167. The van der Waals surface area contributed by atoms with Crippen LogP contribution in [0.5, 0.6) is 0 Å². The standard InChI is InChI=1S/C59H106O6/c1-4-7-10-13-16-18-20-22-24-25-26-27-28-29-30-31-32-33-35-36-38-40-43-46-49-52-58(61)64-55-56(54-63-57(60)51-48-45-42-15-12-9-6-3)65-59(62)53-50-47-44-41-39-37-34-23-21-19-17-14-11-8-5-2/h20,22-23,25-26,28-29,34,56H,4-19,21,24,27,30-33,35-55H2,1-3H3/b22-20-,26-25-,29-28-,34-23-. The highest BCUT2D eigenvalue weighted by molar-refractivity contribution is 5.71. The maximum Gasteiger partial charge on any atom is 0.306 e. The van der Waals surface area contributed by atoms with Crippen molar-refractivity contribution in [2.45, 2.75) is 297 Å². The molecule has 0 fully saturated rings. The van der Waals surface area contributed by atoms with Crippen LogP contribution in [0, 0.1) is 0 Å². The molecule has 0 bridgehead atoms. The summed E-state index contributed by atoms with van der Waals surface area (Å²) in [6.07, 6.45) is 65.5. The lowest BCUT2D eigenvalue weighted by atomic mass is 10.1. The number of rotatable bonds is 51. The minimum atomic E-state index is -0.774. The molecule has 1 unspecified atom stereocenters. The van der Waals surface area contributed by atoms with Crippen LogP contribution in [-0.4, -0.2) is 37.2 Å². The average Bonchev–Trinajstić information content (AvgIpc) is 3.30. The monoisotopic (exact) mass is 911 g/mol. The molecule has 0 saturated heterocycles. The molecule has 0 N–H and O–H groups in total. The van der Waals surface area contributed by atoms with Gasteiger partial charge in [0.1, 0.15) is 13.2 Å². The molecule has 65 heavy (non-hydrogen) atoms. The first-order valence-corrected chi connectivity index (χ1v) is 28.1. The predicted molar refractivity (Wildman–Crippen MR) is 279 cm³/mol. The third-order valence-electron chi connectivity index (χ3n) is 12.3. The highest BCUT2D eigenvalue weighted by atomic mass is 16.6. The van der Waals surface area contributed by atoms with Crippen LogP contribution >= 0.6 is 0 Å². The number of allylic oxidation sites excluding steroid dienone is 8. The van der Waals surface area contributed by atoms with Crippen LogP contribution in [0.15, 0.2) is 48.6 Å². The van der Waals surface area contributed by atoms with Gasteiger partial charge < -0.3 is 14.2 Å². The highest BCUT2D eigenvalue weighted by Gasteiger charge is 2.19. The zero-order valence-corrected chi connectivity index (χ0v) is 43.3. The Morgan fingerprint density at radius 2 is 0.554 bits per heavy atom. The summed E-state index contributed by atoms with van der Waals surface area (Å²) in [6.45, 7) is 6.59. The molecule has 0 amide bonds. The van der Waals surface area contributed by atoms with E-state index in [1.54, 1.807) is 0 Å². The first-order valence-electron chi connectivity index (χ1n) is 28.1. The van der Waals surface area contributed by atoms with Crippen molar-refractivity contribution in [3.8, 4) is 0 Å². The van der Waals surface area contributed by atoms with Gasteiger partial charge in [0.25, 0.3) is 0 Å². The normalized spacial score (nSPS) is 12.4. The summed E-state index contributed by atoms with van der Waals surface area (Å²) in [5, 5.41) is 0. The summed E-state index contributed by atoms with van der Waals surface area (Å²) in [4.78, 5) is 37.9. The van der Waals surface area contributed by atoms with Gasteiger partial charge in [-0.05, 0) is 83.5 Å². The Morgan fingerprint density at radius 3 is 0.877 bits per heavy atom. The second-order valence-corrected chi connectivity index (χ2v) is 18.8. The second-order valence-electron chi connectivity index (χ2n) is 18.8. The average molecular weight is 911 g/mol. The second kappa shape index (κ2) is 54.0. The first-order chi connectivity index (χ1) is 32.0. The van der Waals surface area contributed by atoms with Gasteiger partial charge in [-0.15, -0.1) is 0 Å². The van der Waals surface area contributed by atoms with Crippen LogP contribution < -0.4 is 0 Å². The minimum Gasteiger partial charge on any atom is -0.462 e. The molecule has 378 valence electrons. The molecule has 0 radical (unpaired) electrons. The van der Waals surface area contributed by atoms with Crippen LogP contribution in [-0.2, 0) is 28.6 Å². The van der Waals surface area contributed by atoms with E-state index in [1.165, 1.54) is 173 Å². The fourth-order valence-corrected chi connectivity index (χ4v) is 8.03. The van der Waals surface area contributed by atoms with Crippen LogP contribution in [0.1, 0.15) is 290 Å². The maximum atomic E-state index is 12.8. The Kier molecular flexibility index (Phi) is 51.8. The van der Waals surface area contributed by atoms with Gasteiger partial charge in [0, 0.05) is 19.3 Å². The van der Waals surface area contributed by atoms with Crippen molar-refractivity contribution >= 4 is 17.9 Å². The van der Waals surface area contributed by atoms with Gasteiger partial charge >= 0.3 is 17.9 Å². The van der Waals surface area contributed by atoms with Crippen LogP contribution in [0.3, 0.4) is 0 Å². The van der Waals surface area contributed by atoms with Crippen LogP contribution in [0.2, 0.25) is 0 Å². The molecule has 0 aliphatic rings. The zero-order valence-electron chi connectivity index (χ0n) is 43.3. The molecular weight excluding hydrogens is 805 g/mol. The van der Waals surface area contributed by atoms with Crippen molar-refractivity contribution in [3.63, 3.8) is 0 Å². The molecular formula is C59H106O6. The Hall–Kier alpha value is -2.63. The van der Waals surface area contributed by atoms with E-state index in [1.807, 2.05) is 0 Å². The van der Waals surface area contributed by atoms with Crippen molar-refractivity contribution in [3.05, 3.63) is 48.6 Å². The molecule has 0 aromatic heterocycles. The zero-order chi connectivity index (χ0) is 47.2. The number of hydrogen-bond acceptors (Lipinski definition) is 6. The molecule has 0 rings (SSSR count).